The molecule has 0 saturated carbocycles. The van der Waals surface area contributed by atoms with E-state index in [4.69, 9.17) is 9.84 Å². The monoisotopic (exact) mass is 363 g/mol. The lowest BCUT2D eigenvalue weighted by atomic mass is 10.0. The summed E-state index contributed by atoms with van der Waals surface area (Å²) >= 11 is 0. The van der Waals surface area contributed by atoms with E-state index in [0.29, 0.717) is 16.9 Å². The summed E-state index contributed by atoms with van der Waals surface area (Å²) in [7, 11) is -2.35. The van der Waals surface area contributed by atoms with Gasteiger partial charge in [0.15, 0.2) is 5.78 Å². The lowest BCUT2D eigenvalue weighted by Crippen LogP contribution is -2.29. The molecule has 2 rings (SSSR count). The Hall–Kier alpha value is -2.71. The van der Waals surface area contributed by atoms with Crippen LogP contribution in [0.25, 0.3) is 0 Å². The Labute approximate surface area is 145 Å². The van der Waals surface area contributed by atoms with Gasteiger partial charge in [0, 0.05) is 12.0 Å². The molecule has 0 heterocycles. The quantitative estimate of drug-likeness (QED) is 0.688. The molecule has 2 aromatic carbocycles. The summed E-state index contributed by atoms with van der Waals surface area (Å²) in [6.45, 7) is -0.694. The molecular weight excluding hydrogens is 346 g/mol. The first-order valence-corrected chi connectivity index (χ1v) is 8.78. The van der Waals surface area contributed by atoms with Gasteiger partial charge in [0.2, 0.25) is 10.0 Å². The molecular formula is C17H17NO6S. The number of hydrogen-bond acceptors (Lipinski definition) is 5. The van der Waals surface area contributed by atoms with E-state index in [1.54, 1.807) is 24.3 Å². The minimum Gasteiger partial charge on any atom is -0.497 e. The van der Waals surface area contributed by atoms with Gasteiger partial charge in [-0.05, 0) is 42.0 Å². The first kappa shape index (κ1) is 18.6. The number of carbonyl (C=O) groups is 2. The van der Waals surface area contributed by atoms with Crippen molar-refractivity contribution in [2.45, 2.75) is 11.3 Å². The number of rotatable bonds is 8. The molecule has 0 aliphatic rings. The summed E-state index contributed by atoms with van der Waals surface area (Å²) in [6, 6.07) is 12.4. The van der Waals surface area contributed by atoms with Crippen molar-refractivity contribution in [2.75, 3.05) is 13.7 Å². The lowest BCUT2D eigenvalue weighted by molar-refractivity contribution is -0.135. The number of methoxy groups -OCH3 is 1. The predicted octanol–water partition coefficient (Wildman–Crippen LogP) is 1.48. The van der Waals surface area contributed by atoms with Gasteiger partial charge in [0.25, 0.3) is 0 Å². The molecule has 0 aliphatic carbocycles. The van der Waals surface area contributed by atoms with Crippen molar-refractivity contribution in [3.05, 3.63) is 59.7 Å². The van der Waals surface area contributed by atoms with Crippen LogP contribution in [0.1, 0.15) is 15.9 Å². The van der Waals surface area contributed by atoms with Gasteiger partial charge in [0.1, 0.15) is 12.3 Å². The van der Waals surface area contributed by atoms with E-state index >= 15 is 0 Å². The molecule has 0 saturated heterocycles. The third kappa shape index (κ3) is 5.13. The van der Waals surface area contributed by atoms with Crippen LogP contribution in [-0.2, 0) is 21.2 Å². The van der Waals surface area contributed by atoms with Gasteiger partial charge >= 0.3 is 5.97 Å². The number of sulfonamides is 1. The second-order valence-corrected chi connectivity index (χ2v) is 6.96. The van der Waals surface area contributed by atoms with Gasteiger partial charge < -0.3 is 9.84 Å². The van der Waals surface area contributed by atoms with Crippen molar-refractivity contribution in [1.82, 2.24) is 4.72 Å². The van der Waals surface area contributed by atoms with Gasteiger partial charge in [-0.2, -0.15) is 4.72 Å². The number of carboxylic acid groups (broad SMARTS) is 1. The molecule has 0 atom stereocenters. The zero-order valence-electron chi connectivity index (χ0n) is 13.4. The standard InChI is InChI=1S/C17H17NO6S/c1-24-14-6-4-13(5-7-14)16(19)10-12-2-8-15(9-3-12)25(22,23)18-11-17(20)21/h2-9,18H,10-11H2,1H3,(H,20,21). The number of ether oxygens (including phenoxy) is 1. The summed E-state index contributed by atoms with van der Waals surface area (Å²) in [6.07, 6.45) is 0.120. The largest absolute Gasteiger partial charge is 0.497 e. The van der Waals surface area contributed by atoms with E-state index in [2.05, 4.69) is 0 Å². The van der Waals surface area contributed by atoms with Gasteiger partial charge in [-0.15, -0.1) is 0 Å². The van der Waals surface area contributed by atoms with E-state index in [-0.39, 0.29) is 17.1 Å². The minimum absolute atomic E-state index is 0.0607. The van der Waals surface area contributed by atoms with Crippen molar-refractivity contribution < 1.29 is 27.9 Å². The summed E-state index contributed by atoms with van der Waals surface area (Å²) in [5.41, 5.74) is 1.18. The third-order valence-electron chi connectivity index (χ3n) is 3.42. The average molecular weight is 363 g/mol. The molecule has 0 spiro atoms. The van der Waals surface area contributed by atoms with Gasteiger partial charge in [0.05, 0.1) is 12.0 Å². The zero-order chi connectivity index (χ0) is 18.4. The Morgan fingerprint density at radius 1 is 1.04 bits per heavy atom. The van der Waals surface area contributed by atoms with Crippen molar-refractivity contribution >= 4 is 21.8 Å². The van der Waals surface area contributed by atoms with Crippen molar-refractivity contribution in [3.8, 4) is 5.75 Å². The Balaban J connectivity index is 2.06. The Morgan fingerprint density at radius 2 is 1.64 bits per heavy atom. The fraction of sp³-hybridized carbons (Fsp3) is 0.176. The molecule has 0 unspecified atom stereocenters. The lowest BCUT2D eigenvalue weighted by Gasteiger charge is -2.06. The summed E-state index contributed by atoms with van der Waals surface area (Å²) < 4.78 is 30.8. The number of carbonyl (C=O) groups excluding carboxylic acids is 1. The van der Waals surface area contributed by atoms with Crippen LogP contribution in [0.3, 0.4) is 0 Å². The van der Waals surface area contributed by atoms with Gasteiger partial charge in [-0.3, -0.25) is 9.59 Å². The predicted molar refractivity (Wildman–Crippen MR) is 90.3 cm³/mol. The Bertz CT molecular complexity index is 857. The van der Waals surface area contributed by atoms with Crippen LogP contribution in [0.5, 0.6) is 5.75 Å². The van der Waals surface area contributed by atoms with Crippen LogP contribution in [0.15, 0.2) is 53.4 Å². The highest BCUT2D eigenvalue weighted by molar-refractivity contribution is 7.89. The third-order valence-corrected chi connectivity index (χ3v) is 4.84. The highest BCUT2D eigenvalue weighted by Crippen LogP contribution is 2.15. The number of benzene rings is 2. The molecule has 8 heteroatoms. The van der Waals surface area contributed by atoms with E-state index in [1.165, 1.54) is 31.4 Å². The van der Waals surface area contributed by atoms with Crippen molar-refractivity contribution in [3.63, 3.8) is 0 Å². The number of aliphatic carboxylic acids is 1. The molecule has 0 radical (unpaired) electrons. The highest BCUT2D eigenvalue weighted by atomic mass is 32.2. The second kappa shape index (κ2) is 7.91. The normalized spacial score (nSPS) is 11.1. The molecule has 0 fully saturated rings. The van der Waals surface area contributed by atoms with E-state index in [9.17, 15) is 18.0 Å². The zero-order valence-corrected chi connectivity index (χ0v) is 14.2. The molecule has 25 heavy (non-hydrogen) atoms. The van der Waals surface area contributed by atoms with Crippen LogP contribution in [0, 0.1) is 0 Å². The first-order valence-electron chi connectivity index (χ1n) is 7.29. The van der Waals surface area contributed by atoms with E-state index < -0.39 is 22.5 Å². The number of ketones is 1. The van der Waals surface area contributed by atoms with Crippen LogP contribution in [0.4, 0.5) is 0 Å². The maximum Gasteiger partial charge on any atom is 0.318 e. The fourth-order valence-corrected chi connectivity index (χ4v) is 3.07. The number of hydrogen-bond donors (Lipinski definition) is 2. The Morgan fingerprint density at radius 3 is 2.16 bits per heavy atom. The molecule has 0 amide bonds. The molecule has 0 bridgehead atoms. The van der Waals surface area contributed by atoms with Crippen LogP contribution < -0.4 is 9.46 Å². The molecule has 132 valence electrons. The topological polar surface area (TPSA) is 110 Å². The molecule has 0 aliphatic heterocycles. The highest BCUT2D eigenvalue weighted by Gasteiger charge is 2.15. The van der Waals surface area contributed by atoms with E-state index in [1.807, 2.05) is 4.72 Å². The van der Waals surface area contributed by atoms with E-state index in [0.717, 1.165) is 0 Å². The maximum atomic E-state index is 12.2. The maximum absolute atomic E-state index is 12.2. The molecule has 2 N–H and O–H groups in total. The first-order chi connectivity index (χ1) is 11.8. The second-order valence-electron chi connectivity index (χ2n) is 5.19. The van der Waals surface area contributed by atoms with Gasteiger partial charge in [-0.1, -0.05) is 12.1 Å². The average Bonchev–Trinajstić information content (AvgIpc) is 2.60. The minimum atomic E-state index is -3.89. The molecule has 2 aromatic rings. The Kier molecular flexibility index (Phi) is 5.89. The summed E-state index contributed by atoms with van der Waals surface area (Å²) in [5.74, 6) is -0.729. The number of Topliss-reactive ketones (excluding diaryl/α,β-unsaturated/α-hetero) is 1. The summed E-state index contributed by atoms with van der Waals surface area (Å²) in [4.78, 5) is 22.6. The fourth-order valence-electron chi connectivity index (χ4n) is 2.09. The number of nitrogens with one attached hydrogen (secondary N) is 1. The van der Waals surface area contributed by atoms with Crippen molar-refractivity contribution in [1.29, 1.82) is 0 Å². The molecule has 0 aromatic heterocycles. The smallest absolute Gasteiger partial charge is 0.318 e. The number of carboxylic acids is 1. The molecule has 7 nitrogen and oxygen atoms in total. The van der Waals surface area contributed by atoms with Crippen LogP contribution >= 0.6 is 0 Å². The van der Waals surface area contributed by atoms with Crippen LogP contribution in [0.2, 0.25) is 0 Å². The van der Waals surface area contributed by atoms with Gasteiger partial charge in [-0.25, -0.2) is 8.42 Å². The van der Waals surface area contributed by atoms with Crippen molar-refractivity contribution in [2.24, 2.45) is 0 Å². The summed E-state index contributed by atoms with van der Waals surface area (Å²) in [5, 5.41) is 8.54. The SMILES string of the molecule is COc1ccc(C(=O)Cc2ccc(S(=O)(=O)NCC(=O)O)cc2)cc1. The van der Waals surface area contributed by atoms with Crippen LogP contribution in [-0.4, -0.2) is 38.9 Å².